The van der Waals surface area contributed by atoms with E-state index in [2.05, 4.69) is 0 Å². The highest BCUT2D eigenvalue weighted by Gasteiger charge is 2.34. The van der Waals surface area contributed by atoms with Crippen LogP contribution >= 0.6 is 0 Å². The van der Waals surface area contributed by atoms with Crippen LogP contribution in [0.15, 0.2) is 18.2 Å². The van der Waals surface area contributed by atoms with Gasteiger partial charge in [-0.25, -0.2) is 4.39 Å². The number of nitrogens with zero attached hydrogens (tertiary/aromatic N) is 1. The number of halogens is 1. The Morgan fingerprint density at radius 3 is 2.71 bits per heavy atom. The van der Waals surface area contributed by atoms with E-state index in [4.69, 9.17) is 5.73 Å². The molecule has 0 aliphatic carbocycles. The van der Waals surface area contributed by atoms with Crippen LogP contribution in [0.4, 0.5) is 4.39 Å². The Labute approximate surface area is 125 Å². The third kappa shape index (κ3) is 4.51. The van der Waals surface area contributed by atoms with Crippen molar-refractivity contribution in [2.75, 3.05) is 6.54 Å². The summed E-state index contributed by atoms with van der Waals surface area (Å²) in [4.78, 5) is 13.3. The zero-order chi connectivity index (χ0) is 16.0. The van der Waals surface area contributed by atoms with Crippen LogP contribution in [0.2, 0.25) is 0 Å². The van der Waals surface area contributed by atoms with Crippen molar-refractivity contribution in [1.82, 2.24) is 4.90 Å². The Morgan fingerprint density at radius 2 is 2.14 bits per heavy atom. The highest BCUT2D eigenvalue weighted by molar-refractivity contribution is 5.80. The van der Waals surface area contributed by atoms with Gasteiger partial charge in [0.15, 0.2) is 0 Å². The van der Waals surface area contributed by atoms with E-state index in [0.717, 1.165) is 12.0 Å². The molecule has 1 aromatic carbocycles. The largest absolute Gasteiger partial charge is 0.391 e. The fraction of sp³-hybridized carbons (Fsp3) is 0.562. The first-order valence-corrected chi connectivity index (χ1v) is 7.45. The molecule has 1 aliphatic rings. The Kier molecular flexibility index (Phi) is 6.78. The Hall–Kier alpha value is -1.46. The van der Waals surface area contributed by atoms with Crippen LogP contribution in [0.3, 0.4) is 0 Å². The van der Waals surface area contributed by atoms with Crippen molar-refractivity contribution in [1.29, 1.82) is 0 Å². The van der Waals surface area contributed by atoms with Crippen molar-refractivity contribution < 1.29 is 14.3 Å². The number of benzene rings is 1. The molecule has 5 heteroatoms. The number of hydrogen-bond acceptors (Lipinski definition) is 3. The molecule has 0 aromatic heterocycles. The standard InChI is InChI=1S/C14H19FN2O2.C2H6/c1-9-4-5-10(7-11(9)15)8-17-6-2-3-12(18)13(17)14(16)19;1-2/h4-5,7,12-13,18H,2-3,6,8H2,1H3,(H2,16,19);1-2H3. The molecule has 3 N–H and O–H groups in total. The number of aryl methyl sites for hydroxylation is 1. The molecule has 118 valence electrons. The van der Waals surface area contributed by atoms with E-state index in [0.29, 0.717) is 25.1 Å². The minimum Gasteiger partial charge on any atom is -0.391 e. The number of aliphatic hydroxyl groups is 1. The monoisotopic (exact) mass is 296 g/mol. The number of amides is 1. The van der Waals surface area contributed by atoms with Gasteiger partial charge in [0.1, 0.15) is 11.9 Å². The number of carbonyl (C=O) groups is 1. The second-order valence-corrected chi connectivity index (χ2v) is 5.11. The first-order chi connectivity index (χ1) is 9.99. The Balaban J connectivity index is 0.00000106. The number of hydrogen-bond donors (Lipinski definition) is 2. The maximum atomic E-state index is 13.5. The molecule has 0 bridgehead atoms. The average molecular weight is 296 g/mol. The van der Waals surface area contributed by atoms with Gasteiger partial charge in [-0.05, 0) is 43.5 Å². The molecule has 2 rings (SSSR count). The number of primary amides is 1. The summed E-state index contributed by atoms with van der Waals surface area (Å²) in [5, 5.41) is 9.87. The minimum absolute atomic E-state index is 0.259. The molecule has 1 aliphatic heterocycles. The topological polar surface area (TPSA) is 66.6 Å². The Morgan fingerprint density at radius 1 is 1.48 bits per heavy atom. The maximum Gasteiger partial charge on any atom is 0.237 e. The number of nitrogens with two attached hydrogens (primary N) is 1. The van der Waals surface area contributed by atoms with E-state index < -0.39 is 18.1 Å². The number of rotatable bonds is 3. The molecular formula is C16H25FN2O2. The van der Waals surface area contributed by atoms with E-state index in [9.17, 15) is 14.3 Å². The summed E-state index contributed by atoms with van der Waals surface area (Å²) in [6, 6.07) is 4.33. The molecule has 1 fully saturated rings. The van der Waals surface area contributed by atoms with Crippen molar-refractivity contribution in [2.24, 2.45) is 5.73 Å². The molecule has 1 saturated heterocycles. The molecule has 1 aromatic rings. The van der Waals surface area contributed by atoms with Gasteiger partial charge in [0.05, 0.1) is 6.10 Å². The second kappa shape index (κ2) is 8.10. The summed E-state index contributed by atoms with van der Waals surface area (Å²) in [5.74, 6) is -0.787. The van der Waals surface area contributed by atoms with Gasteiger partial charge in [-0.3, -0.25) is 9.69 Å². The van der Waals surface area contributed by atoms with Crippen LogP contribution in [0, 0.1) is 12.7 Å². The highest BCUT2D eigenvalue weighted by atomic mass is 19.1. The lowest BCUT2D eigenvalue weighted by molar-refractivity contribution is -0.130. The minimum atomic E-state index is -0.735. The lowest BCUT2D eigenvalue weighted by Crippen LogP contribution is -2.54. The van der Waals surface area contributed by atoms with Crippen LogP contribution in [0.25, 0.3) is 0 Å². The fourth-order valence-electron chi connectivity index (χ4n) is 2.56. The molecule has 1 amide bonds. The normalized spacial score (nSPS) is 22.3. The molecule has 2 unspecified atom stereocenters. The van der Waals surface area contributed by atoms with Crippen molar-refractivity contribution >= 4 is 5.91 Å². The zero-order valence-corrected chi connectivity index (χ0v) is 13.0. The number of carbonyl (C=O) groups excluding carboxylic acids is 1. The van der Waals surface area contributed by atoms with E-state index >= 15 is 0 Å². The average Bonchev–Trinajstić information content (AvgIpc) is 2.45. The van der Waals surface area contributed by atoms with E-state index in [-0.39, 0.29) is 5.82 Å². The van der Waals surface area contributed by atoms with Crippen LogP contribution in [0.1, 0.15) is 37.8 Å². The Bertz CT molecular complexity index is 479. The number of likely N-dealkylation sites (tertiary alicyclic amines) is 1. The van der Waals surface area contributed by atoms with Gasteiger partial charge in [-0.15, -0.1) is 0 Å². The van der Waals surface area contributed by atoms with Crippen LogP contribution in [0.5, 0.6) is 0 Å². The summed E-state index contributed by atoms with van der Waals surface area (Å²) in [6.45, 7) is 6.80. The summed E-state index contributed by atoms with van der Waals surface area (Å²) >= 11 is 0. The maximum absolute atomic E-state index is 13.5. The summed E-state index contributed by atoms with van der Waals surface area (Å²) in [5.41, 5.74) is 6.71. The number of piperidine rings is 1. The number of aliphatic hydroxyl groups excluding tert-OH is 1. The predicted octanol–water partition coefficient (Wildman–Crippen LogP) is 1.97. The third-order valence-corrected chi connectivity index (χ3v) is 3.62. The molecule has 21 heavy (non-hydrogen) atoms. The van der Waals surface area contributed by atoms with Gasteiger partial charge in [0, 0.05) is 6.54 Å². The van der Waals surface area contributed by atoms with E-state index in [1.165, 1.54) is 6.07 Å². The predicted molar refractivity (Wildman–Crippen MR) is 81.1 cm³/mol. The highest BCUT2D eigenvalue weighted by Crippen LogP contribution is 2.21. The van der Waals surface area contributed by atoms with Gasteiger partial charge < -0.3 is 10.8 Å². The first-order valence-electron chi connectivity index (χ1n) is 7.45. The van der Waals surface area contributed by atoms with Gasteiger partial charge in [0.25, 0.3) is 0 Å². The van der Waals surface area contributed by atoms with Crippen molar-refractivity contribution in [2.45, 2.75) is 52.3 Å². The van der Waals surface area contributed by atoms with Gasteiger partial charge in [-0.1, -0.05) is 26.0 Å². The van der Waals surface area contributed by atoms with Gasteiger partial charge >= 0.3 is 0 Å². The van der Waals surface area contributed by atoms with Crippen molar-refractivity contribution in [3.63, 3.8) is 0 Å². The van der Waals surface area contributed by atoms with E-state index in [1.807, 2.05) is 24.8 Å². The molecule has 0 saturated carbocycles. The van der Waals surface area contributed by atoms with Crippen LogP contribution in [-0.4, -0.2) is 34.6 Å². The summed E-state index contributed by atoms with van der Waals surface area (Å²) in [6.07, 6.45) is 0.646. The molecule has 2 atom stereocenters. The summed E-state index contributed by atoms with van der Waals surface area (Å²) < 4.78 is 13.5. The molecular weight excluding hydrogens is 271 g/mol. The third-order valence-electron chi connectivity index (χ3n) is 3.62. The first kappa shape index (κ1) is 17.6. The molecule has 0 spiro atoms. The smallest absolute Gasteiger partial charge is 0.237 e. The SMILES string of the molecule is CC.Cc1ccc(CN2CCCC(O)C2C(N)=O)cc1F. The quantitative estimate of drug-likeness (QED) is 0.896. The lowest BCUT2D eigenvalue weighted by atomic mass is 9.97. The van der Waals surface area contributed by atoms with Crippen LogP contribution in [-0.2, 0) is 11.3 Å². The summed E-state index contributed by atoms with van der Waals surface area (Å²) in [7, 11) is 0. The van der Waals surface area contributed by atoms with Gasteiger partial charge in [-0.2, -0.15) is 0 Å². The fourth-order valence-corrected chi connectivity index (χ4v) is 2.56. The second-order valence-electron chi connectivity index (χ2n) is 5.11. The van der Waals surface area contributed by atoms with Gasteiger partial charge in [0.2, 0.25) is 5.91 Å². The molecule has 1 heterocycles. The molecule has 0 radical (unpaired) electrons. The lowest BCUT2D eigenvalue weighted by Gasteiger charge is -2.37. The van der Waals surface area contributed by atoms with E-state index in [1.54, 1.807) is 13.0 Å². The van der Waals surface area contributed by atoms with Crippen LogP contribution < -0.4 is 5.73 Å². The van der Waals surface area contributed by atoms with Crippen molar-refractivity contribution in [3.8, 4) is 0 Å². The van der Waals surface area contributed by atoms with Crippen molar-refractivity contribution in [3.05, 3.63) is 35.1 Å². The zero-order valence-electron chi connectivity index (χ0n) is 13.0. The molecule has 4 nitrogen and oxygen atoms in total.